The smallest absolute Gasteiger partial charge is 0.340 e. The number of pyridine rings is 1. The molecule has 0 radical (unpaired) electrons. The van der Waals surface area contributed by atoms with Crippen molar-refractivity contribution in [1.29, 1.82) is 0 Å². The molecule has 0 fully saturated rings. The molecule has 1 aromatic heterocycles. The predicted octanol–water partition coefficient (Wildman–Crippen LogP) is 2.00. The van der Waals surface area contributed by atoms with Gasteiger partial charge in [-0.2, -0.15) is 11.8 Å². The molecule has 18 heavy (non-hydrogen) atoms. The third-order valence-electron chi connectivity index (χ3n) is 2.64. The Bertz CT molecular complexity index is 412. The summed E-state index contributed by atoms with van der Waals surface area (Å²) < 4.78 is 4.65. The van der Waals surface area contributed by atoms with Gasteiger partial charge in [0.2, 0.25) is 0 Å². The molecule has 0 aliphatic heterocycles. The fourth-order valence-electron chi connectivity index (χ4n) is 1.41. The number of aromatic nitrogens is 1. The zero-order valence-electron chi connectivity index (χ0n) is 10.9. The lowest BCUT2D eigenvalue weighted by molar-refractivity contribution is 0.0602. The third-order valence-corrected chi connectivity index (χ3v) is 3.68. The number of anilines is 2. The second kappa shape index (κ2) is 7.10. The molecule has 1 heterocycles. The van der Waals surface area contributed by atoms with Gasteiger partial charge in [0.1, 0.15) is 5.82 Å². The van der Waals surface area contributed by atoms with Gasteiger partial charge >= 0.3 is 5.97 Å². The molecule has 5 nitrogen and oxygen atoms in total. The molecule has 0 aliphatic rings. The third kappa shape index (κ3) is 3.80. The molecule has 0 saturated heterocycles. The van der Waals surface area contributed by atoms with E-state index in [0.717, 1.165) is 13.0 Å². The summed E-state index contributed by atoms with van der Waals surface area (Å²) in [6, 6.07) is 1.55. The lowest BCUT2D eigenvalue weighted by atomic mass is 10.2. The summed E-state index contributed by atoms with van der Waals surface area (Å²) in [7, 11) is 1.33. The first-order valence-corrected chi connectivity index (χ1v) is 6.98. The van der Waals surface area contributed by atoms with Crippen LogP contribution in [0.1, 0.15) is 23.7 Å². The summed E-state index contributed by atoms with van der Waals surface area (Å²) >= 11 is 1.81. The van der Waals surface area contributed by atoms with Gasteiger partial charge in [-0.25, -0.2) is 9.78 Å². The van der Waals surface area contributed by atoms with Crippen LogP contribution in [0, 0.1) is 0 Å². The summed E-state index contributed by atoms with van der Waals surface area (Å²) in [5.74, 6) is 0.0848. The normalized spacial score (nSPS) is 11.9. The van der Waals surface area contributed by atoms with Crippen LogP contribution in [0.5, 0.6) is 0 Å². The number of carbonyl (C=O) groups excluding carboxylic acids is 1. The molecule has 1 aromatic rings. The van der Waals surface area contributed by atoms with Gasteiger partial charge in [0.15, 0.2) is 0 Å². The van der Waals surface area contributed by atoms with Crippen LogP contribution in [-0.2, 0) is 4.74 Å². The van der Waals surface area contributed by atoms with Crippen LogP contribution in [0.3, 0.4) is 0 Å². The van der Waals surface area contributed by atoms with Crippen LogP contribution in [0.4, 0.5) is 11.5 Å². The average Bonchev–Trinajstić information content (AvgIpc) is 2.39. The van der Waals surface area contributed by atoms with Gasteiger partial charge in [-0.1, -0.05) is 6.92 Å². The van der Waals surface area contributed by atoms with Crippen molar-refractivity contribution >= 4 is 29.2 Å². The number of nitrogens with two attached hydrogens (primary N) is 1. The first-order chi connectivity index (χ1) is 8.60. The Morgan fingerprint density at radius 3 is 3.00 bits per heavy atom. The minimum absolute atomic E-state index is 0.334. The second-order valence-corrected chi connectivity index (χ2v) is 5.15. The number of carbonyl (C=O) groups is 1. The van der Waals surface area contributed by atoms with Crippen molar-refractivity contribution in [3.63, 3.8) is 0 Å². The van der Waals surface area contributed by atoms with Crippen molar-refractivity contribution in [2.75, 3.05) is 31.0 Å². The first kappa shape index (κ1) is 14.6. The number of hydrogen-bond donors (Lipinski definition) is 2. The number of hydrogen-bond acceptors (Lipinski definition) is 6. The Morgan fingerprint density at radius 2 is 2.39 bits per heavy atom. The predicted molar refractivity (Wildman–Crippen MR) is 76.1 cm³/mol. The Hall–Kier alpha value is -1.43. The van der Waals surface area contributed by atoms with Crippen molar-refractivity contribution in [3.05, 3.63) is 17.8 Å². The number of ether oxygens (including phenoxy) is 1. The quantitative estimate of drug-likeness (QED) is 0.769. The Kier molecular flexibility index (Phi) is 5.77. The van der Waals surface area contributed by atoms with E-state index in [9.17, 15) is 4.79 Å². The number of esters is 1. The van der Waals surface area contributed by atoms with Crippen LogP contribution in [-0.4, -0.2) is 36.1 Å². The zero-order valence-corrected chi connectivity index (χ0v) is 11.7. The molecule has 6 heteroatoms. The molecule has 1 atom stereocenters. The molecular weight excluding hydrogens is 250 g/mol. The molecule has 1 unspecified atom stereocenters. The maximum atomic E-state index is 11.5. The van der Waals surface area contributed by atoms with E-state index < -0.39 is 5.97 Å². The molecule has 3 N–H and O–H groups in total. The zero-order chi connectivity index (χ0) is 13.5. The molecule has 0 saturated carbocycles. The molecule has 0 amide bonds. The number of nitrogens with one attached hydrogen (secondary N) is 1. The number of thioether (sulfide) groups is 1. The second-order valence-electron chi connectivity index (χ2n) is 3.87. The average molecular weight is 269 g/mol. The fourth-order valence-corrected chi connectivity index (χ4v) is 1.77. The van der Waals surface area contributed by atoms with E-state index in [0.29, 0.717) is 22.3 Å². The van der Waals surface area contributed by atoms with Crippen LogP contribution in [0.2, 0.25) is 0 Å². The Balaban J connectivity index is 2.69. The van der Waals surface area contributed by atoms with Gasteiger partial charge in [0, 0.05) is 18.0 Å². The topological polar surface area (TPSA) is 77.2 Å². The molecule has 0 spiro atoms. The van der Waals surface area contributed by atoms with E-state index in [-0.39, 0.29) is 0 Å². The van der Waals surface area contributed by atoms with Gasteiger partial charge in [-0.05, 0) is 18.7 Å². The van der Waals surface area contributed by atoms with Crippen LogP contribution in [0.25, 0.3) is 0 Å². The summed E-state index contributed by atoms with van der Waals surface area (Å²) in [5, 5.41) is 3.71. The first-order valence-electron chi connectivity index (χ1n) is 5.69. The van der Waals surface area contributed by atoms with E-state index in [2.05, 4.69) is 28.2 Å². The number of nitrogen functional groups attached to an aromatic ring is 1. The minimum atomic E-state index is -0.449. The van der Waals surface area contributed by atoms with Gasteiger partial charge in [0.05, 0.1) is 18.4 Å². The molecule has 0 aromatic carbocycles. The van der Waals surface area contributed by atoms with Crippen LogP contribution < -0.4 is 11.1 Å². The van der Waals surface area contributed by atoms with E-state index in [1.54, 1.807) is 12.3 Å². The minimum Gasteiger partial charge on any atom is -0.465 e. The van der Waals surface area contributed by atoms with Gasteiger partial charge in [-0.3, -0.25) is 0 Å². The lowest BCUT2D eigenvalue weighted by Gasteiger charge is -2.12. The molecule has 0 aliphatic carbocycles. The van der Waals surface area contributed by atoms with Crippen molar-refractivity contribution in [2.45, 2.75) is 18.6 Å². The molecule has 1 rings (SSSR count). The van der Waals surface area contributed by atoms with E-state index in [1.807, 2.05) is 11.8 Å². The summed E-state index contributed by atoms with van der Waals surface area (Å²) in [6.45, 7) is 2.93. The van der Waals surface area contributed by atoms with Crippen molar-refractivity contribution < 1.29 is 9.53 Å². The van der Waals surface area contributed by atoms with E-state index in [1.165, 1.54) is 7.11 Å². The van der Waals surface area contributed by atoms with Gasteiger partial charge in [0.25, 0.3) is 0 Å². The number of methoxy groups -OCH3 is 1. The Morgan fingerprint density at radius 1 is 1.67 bits per heavy atom. The maximum absolute atomic E-state index is 11.5. The fraction of sp³-hybridized carbons (Fsp3) is 0.500. The van der Waals surface area contributed by atoms with Crippen molar-refractivity contribution in [2.24, 2.45) is 0 Å². The highest BCUT2D eigenvalue weighted by Gasteiger charge is 2.13. The molecule has 100 valence electrons. The molecule has 0 bridgehead atoms. The largest absolute Gasteiger partial charge is 0.465 e. The highest BCUT2D eigenvalue weighted by molar-refractivity contribution is 7.99. The van der Waals surface area contributed by atoms with Gasteiger partial charge in [-0.15, -0.1) is 0 Å². The number of nitrogens with zero attached hydrogens (tertiary/aromatic N) is 1. The van der Waals surface area contributed by atoms with Crippen LogP contribution in [0.15, 0.2) is 12.3 Å². The highest BCUT2D eigenvalue weighted by atomic mass is 32.2. The SMILES string of the molecule is COC(=O)c1ccnc(NCCC(C)SC)c1N. The standard InChI is InChI=1S/C12H19N3O2S/c1-8(18-3)4-6-14-11-10(13)9(5-7-15-11)12(16)17-2/h5,7-8H,4,6,13H2,1-3H3,(H,14,15). The summed E-state index contributed by atoms with van der Waals surface area (Å²) in [5.41, 5.74) is 6.55. The summed E-state index contributed by atoms with van der Waals surface area (Å²) in [6.07, 6.45) is 4.63. The summed E-state index contributed by atoms with van der Waals surface area (Å²) in [4.78, 5) is 15.6. The lowest BCUT2D eigenvalue weighted by Crippen LogP contribution is -2.13. The monoisotopic (exact) mass is 269 g/mol. The van der Waals surface area contributed by atoms with E-state index >= 15 is 0 Å². The highest BCUT2D eigenvalue weighted by Crippen LogP contribution is 2.21. The van der Waals surface area contributed by atoms with Crippen molar-refractivity contribution in [1.82, 2.24) is 4.98 Å². The maximum Gasteiger partial charge on any atom is 0.340 e. The van der Waals surface area contributed by atoms with Crippen molar-refractivity contribution in [3.8, 4) is 0 Å². The van der Waals surface area contributed by atoms with Gasteiger partial charge < -0.3 is 15.8 Å². The van der Waals surface area contributed by atoms with E-state index in [4.69, 9.17) is 5.73 Å². The molecular formula is C12H19N3O2S. The Labute approximate surface area is 111 Å². The number of rotatable bonds is 6. The van der Waals surface area contributed by atoms with Crippen LogP contribution >= 0.6 is 11.8 Å².